The molecule has 19 heavy (non-hydrogen) atoms. The molecule has 1 heterocycles. The van der Waals surface area contributed by atoms with Gasteiger partial charge in [0.25, 0.3) is 5.91 Å². The maximum atomic E-state index is 13.5. The summed E-state index contributed by atoms with van der Waals surface area (Å²) in [7, 11) is 0. The molecule has 0 spiro atoms. The van der Waals surface area contributed by atoms with Crippen LogP contribution >= 0.6 is 0 Å². The first kappa shape index (κ1) is 13.9. The van der Waals surface area contributed by atoms with Crippen molar-refractivity contribution >= 4 is 5.91 Å². The van der Waals surface area contributed by atoms with Gasteiger partial charge in [-0.2, -0.15) is 0 Å². The molecule has 1 amide bonds. The summed E-state index contributed by atoms with van der Waals surface area (Å²) >= 11 is 0. The summed E-state index contributed by atoms with van der Waals surface area (Å²) in [6.07, 6.45) is 0.692. The Morgan fingerprint density at radius 3 is 2.53 bits per heavy atom. The summed E-state index contributed by atoms with van der Waals surface area (Å²) in [5, 5.41) is 5.76. The third-order valence-corrected chi connectivity index (χ3v) is 3.34. The fourth-order valence-electron chi connectivity index (χ4n) is 2.23. The van der Waals surface area contributed by atoms with E-state index in [1.807, 2.05) is 6.92 Å². The summed E-state index contributed by atoms with van der Waals surface area (Å²) in [4.78, 5) is 11.9. The van der Waals surface area contributed by atoms with Gasteiger partial charge in [0, 0.05) is 18.2 Å². The Kier molecular flexibility index (Phi) is 4.09. The largest absolute Gasteiger partial charge is 0.349 e. The normalized spacial score (nSPS) is 23.2. The molecule has 0 saturated carbocycles. The van der Waals surface area contributed by atoms with E-state index < -0.39 is 28.9 Å². The van der Waals surface area contributed by atoms with Crippen LogP contribution in [-0.2, 0) is 0 Å². The van der Waals surface area contributed by atoms with E-state index in [0.717, 1.165) is 13.1 Å². The summed E-state index contributed by atoms with van der Waals surface area (Å²) in [5.74, 6) is -4.08. The Bertz CT molecular complexity index is 470. The number of amides is 1. The number of piperidine rings is 1. The lowest BCUT2D eigenvalue weighted by Crippen LogP contribution is -2.48. The minimum atomic E-state index is -1.18. The fourth-order valence-corrected chi connectivity index (χ4v) is 2.23. The number of nitrogens with one attached hydrogen (secondary N) is 2. The number of carbonyl (C=O) groups excluding carboxylic acids is 1. The van der Waals surface area contributed by atoms with Crippen molar-refractivity contribution in [1.82, 2.24) is 10.6 Å². The highest BCUT2D eigenvalue weighted by Crippen LogP contribution is 2.17. The van der Waals surface area contributed by atoms with Gasteiger partial charge in [0.2, 0.25) is 0 Å². The van der Waals surface area contributed by atoms with Crippen LogP contribution < -0.4 is 10.6 Å². The van der Waals surface area contributed by atoms with Gasteiger partial charge in [-0.1, -0.05) is 6.92 Å². The molecule has 2 atom stereocenters. The molecule has 0 unspecified atom stereocenters. The summed E-state index contributed by atoms with van der Waals surface area (Å²) in [5.41, 5.74) is -0.730. The molecule has 1 aliphatic heterocycles. The van der Waals surface area contributed by atoms with Crippen molar-refractivity contribution in [2.75, 3.05) is 13.1 Å². The van der Waals surface area contributed by atoms with E-state index in [4.69, 9.17) is 0 Å². The second-order valence-corrected chi connectivity index (χ2v) is 4.79. The van der Waals surface area contributed by atoms with Crippen LogP contribution in [0.3, 0.4) is 0 Å². The Balaban J connectivity index is 2.16. The van der Waals surface area contributed by atoms with Gasteiger partial charge in [0.1, 0.15) is 23.0 Å². The molecular weight excluding hydrogens is 257 g/mol. The van der Waals surface area contributed by atoms with Crippen molar-refractivity contribution in [2.45, 2.75) is 19.4 Å². The molecule has 2 rings (SSSR count). The number of hydrogen-bond donors (Lipinski definition) is 2. The molecule has 104 valence electrons. The van der Waals surface area contributed by atoms with Crippen molar-refractivity contribution in [3.05, 3.63) is 35.1 Å². The number of halogens is 3. The molecule has 1 aromatic rings. The lowest BCUT2D eigenvalue weighted by atomic mass is 9.95. The van der Waals surface area contributed by atoms with Crippen LogP contribution in [0.5, 0.6) is 0 Å². The van der Waals surface area contributed by atoms with Crippen LogP contribution in [0.25, 0.3) is 0 Å². The first-order valence-corrected chi connectivity index (χ1v) is 6.15. The van der Waals surface area contributed by atoms with Gasteiger partial charge in [-0.3, -0.25) is 4.79 Å². The quantitative estimate of drug-likeness (QED) is 0.862. The Morgan fingerprint density at radius 1 is 1.32 bits per heavy atom. The molecule has 0 bridgehead atoms. The lowest BCUT2D eigenvalue weighted by molar-refractivity contribution is 0.0905. The molecule has 6 heteroatoms. The maximum absolute atomic E-state index is 13.5. The first-order chi connectivity index (χ1) is 8.99. The SMILES string of the molecule is C[C@@H]1CNCC[C@@H]1NC(=O)c1c(F)cc(F)cc1F. The van der Waals surface area contributed by atoms with Crippen LogP contribution in [0, 0.1) is 23.4 Å². The zero-order valence-electron chi connectivity index (χ0n) is 10.5. The van der Waals surface area contributed by atoms with E-state index in [9.17, 15) is 18.0 Å². The van der Waals surface area contributed by atoms with Crippen molar-refractivity contribution in [3.8, 4) is 0 Å². The highest BCUT2D eigenvalue weighted by molar-refractivity contribution is 5.95. The van der Waals surface area contributed by atoms with Gasteiger partial charge < -0.3 is 10.6 Å². The minimum Gasteiger partial charge on any atom is -0.349 e. The van der Waals surface area contributed by atoms with Crippen molar-refractivity contribution in [3.63, 3.8) is 0 Å². The highest BCUT2D eigenvalue weighted by atomic mass is 19.1. The Hall–Kier alpha value is -1.56. The monoisotopic (exact) mass is 272 g/mol. The molecule has 3 nitrogen and oxygen atoms in total. The van der Waals surface area contributed by atoms with Crippen LogP contribution in [0.1, 0.15) is 23.7 Å². The fraction of sp³-hybridized carbons (Fsp3) is 0.462. The Morgan fingerprint density at radius 2 is 1.95 bits per heavy atom. The standard InChI is InChI=1S/C13H15F3N2O/c1-7-6-17-3-2-11(7)18-13(19)12-9(15)4-8(14)5-10(12)16/h4-5,7,11,17H,2-3,6H2,1H3,(H,18,19)/t7-,11+/m1/s1. The molecule has 1 aromatic carbocycles. The topological polar surface area (TPSA) is 41.1 Å². The van der Waals surface area contributed by atoms with E-state index in [1.54, 1.807) is 0 Å². The Labute approximate surface area is 109 Å². The molecule has 1 fully saturated rings. The predicted octanol–water partition coefficient (Wildman–Crippen LogP) is 1.83. The summed E-state index contributed by atoms with van der Waals surface area (Å²) < 4.78 is 39.7. The highest BCUT2D eigenvalue weighted by Gasteiger charge is 2.26. The third kappa shape index (κ3) is 3.07. The summed E-state index contributed by atoms with van der Waals surface area (Å²) in [6.45, 7) is 3.41. The zero-order valence-corrected chi connectivity index (χ0v) is 10.5. The average molecular weight is 272 g/mol. The van der Waals surface area contributed by atoms with Gasteiger partial charge >= 0.3 is 0 Å². The number of hydrogen-bond acceptors (Lipinski definition) is 2. The molecule has 1 aliphatic rings. The van der Waals surface area contributed by atoms with Gasteiger partial charge in [0.15, 0.2) is 0 Å². The number of rotatable bonds is 2. The van der Waals surface area contributed by atoms with Crippen LogP contribution in [0.2, 0.25) is 0 Å². The zero-order chi connectivity index (χ0) is 14.0. The maximum Gasteiger partial charge on any atom is 0.257 e. The molecule has 0 aliphatic carbocycles. The molecule has 2 N–H and O–H groups in total. The van der Waals surface area contributed by atoms with E-state index >= 15 is 0 Å². The van der Waals surface area contributed by atoms with Crippen molar-refractivity contribution < 1.29 is 18.0 Å². The summed E-state index contributed by atoms with van der Waals surface area (Å²) in [6, 6.07) is 0.867. The number of carbonyl (C=O) groups is 1. The van der Waals surface area contributed by atoms with E-state index in [-0.39, 0.29) is 12.0 Å². The third-order valence-electron chi connectivity index (χ3n) is 3.34. The number of benzene rings is 1. The minimum absolute atomic E-state index is 0.141. The van der Waals surface area contributed by atoms with Gasteiger partial charge in [-0.15, -0.1) is 0 Å². The second-order valence-electron chi connectivity index (χ2n) is 4.79. The van der Waals surface area contributed by atoms with E-state index in [2.05, 4.69) is 10.6 Å². The van der Waals surface area contributed by atoms with E-state index in [0.29, 0.717) is 18.6 Å². The average Bonchev–Trinajstić information content (AvgIpc) is 2.30. The molecular formula is C13H15F3N2O. The first-order valence-electron chi connectivity index (χ1n) is 6.15. The van der Waals surface area contributed by atoms with Crippen LogP contribution in [0.4, 0.5) is 13.2 Å². The van der Waals surface area contributed by atoms with Crippen molar-refractivity contribution in [1.29, 1.82) is 0 Å². The van der Waals surface area contributed by atoms with Crippen LogP contribution in [0.15, 0.2) is 12.1 Å². The van der Waals surface area contributed by atoms with Crippen LogP contribution in [-0.4, -0.2) is 25.0 Å². The second kappa shape index (κ2) is 5.61. The lowest BCUT2D eigenvalue weighted by Gasteiger charge is -2.30. The molecule has 0 radical (unpaired) electrons. The smallest absolute Gasteiger partial charge is 0.257 e. The van der Waals surface area contributed by atoms with Gasteiger partial charge in [-0.05, 0) is 25.4 Å². The molecule has 0 aromatic heterocycles. The van der Waals surface area contributed by atoms with Gasteiger partial charge in [0.05, 0.1) is 0 Å². The van der Waals surface area contributed by atoms with Gasteiger partial charge in [-0.25, -0.2) is 13.2 Å². The predicted molar refractivity (Wildman–Crippen MR) is 64.2 cm³/mol. The van der Waals surface area contributed by atoms with E-state index in [1.165, 1.54) is 0 Å². The molecule has 1 saturated heterocycles. The van der Waals surface area contributed by atoms with Crippen molar-refractivity contribution in [2.24, 2.45) is 5.92 Å².